The summed E-state index contributed by atoms with van der Waals surface area (Å²) in [6, 6.07) is 9.55. The zero-order valence-corrected chi connectivity index (χ0v) is 12.8. The van der Waals surface area contributed by atoms with E-state index in [0.717, 1.165) is 22.9 Å². The van der Waals surface area contributed by atoms with Crippen molar-refractivity contribution >= 4 is 17.3 Å². The van der Waals surface area contributed by atoms with Crippen LogP contribution in [0.15, 0.2) is 47.4 Å². The number of rotatable bonds is 5. The molecule has 0 fully saturated rings. The predicted octanol–water partition coefficient (Wildman–Crippen LogP) is 2.22. The van der Waals surface area contributed by atoms with Crippen molar-refractivity contribution in [2.45, 2.75) is 19.4 Å². The highest BCUT2D eigenvalue weighted by molar-refractivity contribution is 5.93. The third-order valence-electron chi connectivity index (χ3n) is 3.42. The van der Waals surface area contributed by atoms with Gasteiger partial charge in [-0.05, 0) is 24.6 Å². The molecular formula is C16H14N4O4. The molecule has 0 aliphatic carbocycles. The Bertz CT molecular complexity index is 882. The quantitative estimate of drug-likeness (QED) is 0.667. The number of nitrogens with zero attached hydrogens (tertiary/aromatic N) is 3. The molecule has 0 spiro atoms. The summed E-state index contributed by atoms with van der Waals surface area (Å²) in [6.07, 6.45) is 1.33. The molecule has 0 bridgehead atoms. The van der Waals surface area contributed by atoms with Gasteiger partial charge in [-0.1, -0.05) is 13.0 Å². The van der Waals surface area contributed by atoms with Crippen molar-refractivity contribution in [3.05, 3.63) is 68.6 Å². The van der Waals surface area contributed by atoms with Crippen LogP contribution in [0.5, 0.6) is 0 Å². The SMILES string of the molecule is CCC(C(=O)Nc1cccc(C#N)c1)n1cc([N+](=O)[O-])ccc1=O. The molecule has 2 rings (SSSR count). The molecule has 0 aliphatic heterocycles. The van der Waals surface area contributed by atoms with Gasteiger partial charge in [0, 0.05) is 17.8 Å². The van der Waals surface area contributed by atoms with Crippen LogP contribution < -0.4 is 10.9 Å². The molecule has 8 nitrogen and oxygen atoms in total. The number of nitrogens with one attached hydrogen (secondary N) is 1. The van der Waals surface area contributed by atoms with Gasteiger partial charge in [0.2, 0.25) is 5.91 Å². The molecule has 122 valence electrons. The summed E-state index contributed by atoms with van der Waals surface area (Å²) in [4.78, 5) is 34.7. The maximum atomic E-state index is 12.5. The second kappa shape index (κ2) is 7.19. The highest BCUT2D eigenvalue weighted by Crippen LogP contribution is 2.17. The number of nitro groups is 1. The number of hydrogen-bond acceptors (Lipinski definition) is 5. The van der Waals surface area contributed by atoms with Crippen LogP contribution in [0.1, 0.15) is 24.9 Å². The van der Waals surface area contributed by atoms with Gasteiger partial charge < -0.3 is 5.32 Å². The van der Waals surface area contributed by atoms with Crippen LogP contribution in [0.4, 0.5) is 11.4 Å². The normalized spacial score (nSPS) is 11.3. The van der Waals surface area contributed by atoms with Crippen LogP contribution in [0, 0.1) is 21.4 Å². The number of aromatic nitrogens is 1. The maximum Gasteiger partial charge on any atom is 0.285 e. The molecule has 1 aromatic heterocycles. The lowest BCUT2D eigenvalue weighted by Gasteiger charge is -2.17. The average Bonchev–Trinajstić information content (AvgIpc) is 2.57. The van der Waals surface area contributed by atoms with Gasteiger partial charge in [-0.25, -0.2) is 0 Å². The van der Waals surface area contributed by atoms with Crippen LogP contribution >= 0.6 is 0 Å². The van der Waals surface area contributed by atoms with E-state index >= 15 is 0 Å². The Morgan fingerprint density at radius 2 is 2.17 bits per heavy atom. The standard InChI is InChI=1S/C16H14N4O4/c1-2-14(19-10-13(20(23)24)6-7-15(19)21)16(22)18-12-5-3-4-11(8-12)9-17/h3-8,10,14H,2H2,1H3,(H,18,22). The Balaban J connectivity index is 2.32. The van der Waals surface area contributed by atoms with Crippen molar-refractivity contribution in [1.82, 2.24) is 4.57 Å². The van der Waals surface area contributed by atoms with Gasteiger partial charge in [0.05, 0.1) is 22.8 Å². The molecule has 24 heavy (non-hydrogen) atoms. The molecule has 0 saturated heterocycles. The predicted molar refractivity (Wildman–Crippen MR) is 86.5 cm³/mol. The summed E-state index contributed by atoms with van der Waals surface area (Å²) >= 11 is 0. The summed E-state index contributed by atoms with van der Waals surface area (Å²) in [5.74, 6) is -0.491. The number of hydrogen-bond donors (Lipinski definition) is 1. The molecule has 1 atom stereocenters. The number of pyridine rings is 1. The summed E-state index contributed by atoms with van der Waals surface area (Å²) < 4.78 is 1.04. The van der Waals surface area contributed by atoms with Crippen molar-refractivity contribution in [2.75, 3.05) is 5.32 Å². The van der Waals surface area contributed by atoms with Crippen molar-refractivity contribution in [1.29, 1.82) is 5.26 Å². The summed E-state index contributed by atoms with van der Waals surface area (Å²) in [5.41, 5.74) is 0.0186. The first-order chi connectivity index (χ1) is 11.5. The number of carbonyl (C=O) groups excluding carboxylic acids is 1. The number of benzene rings is 1. The number of anilines is 1. The highest BCUT2D eigenvalue weighted by atomic mass is 16.6. The fraction of sp³-hybridized carbons (Fsp3) is 0.188. The Morgan fingerprint density at radius 1 is 1.42 bits per heavy atom. The number of nitriles is 1. The zero-order chi connectivity index (χ0) is 17.7. The number of amides is 1. The van der Waals surface area contributed by atoms with E-state index in [1.165, 1.54) is 6.07 Å². The Labute approximate surface area is 137 Å². The molecule has 0 saturated carbocycles. The third-order valence-corrected chi connectivity index (χ3v) is 3.42. The van der Waals surface area contributed by atoms with Gasteiger partial charge in [0.1, 0.15) is 6.04 Å². The fourth-order valence-corrected chi connectivity index (χ4v) is 2.24. The largest absolute Gasteiger partial charge is 0.324 e. The maximum absolute atomic E-state index is 12.5. The van der Waals surface area contributed by atoms with Gasteiger partial charge in [-0.15, -0.1) is 0 Å². The smallest absolute Gasteiger partial charge is 0.285 e. The van der Waals surface area contributed by atoms with Crippen molar-refractivity contribution in [2.24, 2.45) is 0 Å². The average molecular weight is 326 g/mol. The lowest BCUT2D eigenvalue weighted by molar-refractivity contribution is -0.385. The van der Waals surface area contributed by atoms with E-state index < -0.39 is 22.4 Å². The lowest BCUT2D eigenvalue weighted by atomic mass is 10.1. The van der Waals surface area contributed by atoms with E-state index in [0.29, 0.717) is 11.3 Å². The third kappa shape index (κ3) is 3.64. The molecule has 1 amide bonds. The molecule has 1 heterocycles. The Kier molecular flexibility index (Phi) is 5.06. The van der Waals surface area contributed by atoms with Crippen LogP contribution in [0.3, 0.4) is 0 Å². The summed E-state index contributed by atoms with van der Waals surface area (Å²) in [6.45, 7) is 1.70. The first-order valence-electron chi connectivity index (χ1n) is 7.14. The summed E-state index contributed by atoms with van der Waals surface area (Å²) in [7, 11) is 0. The fourth-order valence-electron chi connectivity index (χ4n) is 2.24. The van der Waals surface area contributed by atoms with E-state index in [-0.39, 0.29) is 12.1 Å². The second-order valence-corrected chi connectivity index (χ2v) is 5.00. The van der Waals surface area contributed by atoms with E-state index in [4.69, 9.17) is 5.26 Å². The first kappa shape index (κ1) is 16.9. The van der Waals surface area contributed by atoms with Gasteiger partial charge in [0.25, 0.3) is 11.2 Å². The molecule has 1 unspecified atom stereocenters. The summed E-state index contributed by atoms with van der Waals surface area (Å²) in [5, 5.41) is 22.4. The van der Waals surface area contributed by atoms with E-state index in [9.17, 15) is 19.7 Å². The molecule has 1 N–H and O–H groups in total. The van der Waals surface area contributed by atoms with Crippen LogP contribution in [-0.4, -0.2) is 15.4 Å². The monoisotopic (exact) mass is 326 g/mol. The molecule has 1 aromatic carbocycles. The van der Waals surface area contributed by atoms with Crippen molar-refractivity contribution < 1.29 is 9.72 Å². The Hall–Kier alpha value is -3.47. The molecular weight excluding hydrogens is 312 g/mol. The highest BCUT2D eigenvalue weighted by Gasteiger charge is 2.21. The minimum absolute atomic E-state index is 0.269. The van der Waals surface area contributed by atoms with Crippen LogP contribution in [0.2, 0.25) is 0 Å². The topological polar surface area (TPSA) is 118 Å². The molecule has 0 aliphatic rings. The lowest BCUT2D eigenvalue weighted by Crippen LogP contribution is -2.32. The first-order valence-corrected chi connectivity index (χ1v) is 7.14. The van der Waals surface area contributed by atoms with Gasteiger partial charge in [-0.2, -0.15) is 5.26 Å². The molecule has 0 radical (unpaired) electrons. The zero-order valence-electron chi connectivity index (χ0n) is 12.8. The molecule has 8 heteroatoms. The van der Waals surface area contributed by atoms with Gasteiger partial charge in [0.15, 0.2) is 0 Å². The van der Waals surface area contributed by atoms with Crippen molar-refractivity contribution in [3.63, 3.8) is 0 Å². The minimum atomic E-state index is -0.900. The molecule has 2 aromatic rings. The Morgan fingerprint density at radius 3 is 2.79 bits per heavy atom. The van der Waals surface area contributed by atoms with E-state index in [2.05, 4.69) is 5.32 Å². The van der Waals surface area contributed by atoms with E-state index in [1.54, 1.807) is 25.1 Å². The van der Waals surface area contributed by atoms with Crippen LogP contribution in [-0.2, 0) is 4.79 Å². The minimum Gasteiger partial charge on any atom is -0.324 e. The van der Waals surface area contributed by atoms with Crippen molar-refractivity contribution in [3.8, 4) is 6.07 Å². The second-order valence-electron chi connectivity index (χ2n) is 5.00. The van der Waals surface area contributed by atoms with Gasteiger partial charge in [-0.3, -0.25) is 24.3 Å². The van der Waals surface area contributed by atoms with E-state index in [1.807, 2.05) is 6.07 Å². The van der Waals surface area contributed by atoms with Gasteiger partial charge >= 0.3 is 0 Å². The number of carbonyl (C=O) groups is 1. The van der Waals surface area contributed by atoms with Crippen LogP contribution in [0.25, 0.3) is 0 Å².